The van der Waals surface area contributed by atoms with Gasteiger partial charge in [0.05, 0.1) is 10.0 Å². The molecule has 3 aromatic rings. The SMILES string of the molecule is O=S(=O)(O)C(c1cccc(O)c1)(c1cc(Cl)c(Cl)cc1O)c1c(Cl)cccc1Cl. The molecule has 0 bridgehead atoms. The highest BCUT2D eigenvalue weighted by atomic mass is 35.5. The summed E-state index contributed by atoms with van der Waals surface area (Å²) < 4.78 is 33.9. The van der Waals surface area contributed by atoms with E-state index in [1.165, 1.54) is 36.4 Å². The van der Waals surface area contributed by atoms with Gasteiger partial charge in [0.25, 0.3) is 10.1 Å². The second-order valence-corrected chi connectivity index (χ2v) is 9.28. The number of rotatable bonds is 4. The van der Waals surface area contributed by atoms with Crippen molar-refractivity contribution in [2.75, 3.05) is 0 Å². The summed E-state index contributed by atoms with van der Waals surface area (Å²) in [6, 6.07) is 11.5. The van der Waals surface area contributed by atoms with Crippen LogP contribution in [0.1, 0.15) is 16.7 Å². The van der Waals surface area contributed by atoms with E-state index in [-0.39, 0.29) is 42.5 Å². The Morgan fingerprint density at radius 2 is 1.31 bits per heavy atom. The van der Waals surface area contributed by atoms with E-state index in [0.717, 1.165) is 18.2 Å². The fourth-order valence-electron chi connectivity index (χ4n) is 3.23. The molecule has 1 unspecified atom stereocenters. The second kappa shape index (κ2) is 7.87. The van der Waals surface area contributed by atoms with Crippen LogP contribution < -0.4 is 0 Å². The molecule has 0 aliphatic heterocycles. The lowest BCUT2D eigenvalue weighted by Crippen LogP contribution is -2.39. The smallest absolute Gasteiger partial charge is 0.283 e. The Balaban J connectivity index is 2.66. The van der Waals surface area contributed by atoms with E-state index >= 15 is 0 Å². The van der Waals surface area contributed by atoms with Gasteiger partial charge in [0.1, 0.15) is 11.5 Å². The van der Waals surface area contributed by atoms with Crippen LogP contribution >= 0.6 is 46.4 Å². The molecule has 0 aromatic heterocycles. The molecule has 0 aliphatic carbocycles. The highest BCUT2D eigenvalue weighted by Gasteiger charge is 2.52. The summed E-state index contributed by atoms with van der Waals surface area (Å²) in [5.41, 5.74) is -0.719. The summed E-state index contributed by atoms with van der Waals surface area (Å²) in [5, 5.41) is 20.3. The minimum atomic E-state index is -5.14. The Bertz CT molecular complexity index is 1190. The van der Waals surface area contributed by atoms with Gasteiger partial charge in [-0.15, -0.1) is 0 Å². The first-order valence-corrected chi connectivity index (χ1v) is 10.8. The van der Waals surface area contributed by atoms with Crippen molar-refractivity contribution in [2.24, 2.45) is 0 Å². The van der Waals surface area contributed by atoms with Crippen LogP contribution in [0.25, 0.3) is 0 Å². The van der Waals surface area contributed by atoms with Gasteiger partial charge in [-0.2, -0.15) is 8.42 Å². The van der Waals surface area contributed by atoms with Crippen molar-refractivity contribution >= 4 is 56.5 Å². The fourth-order valence-corrected chi connectivity index (χ4v) is 5.69. The van der Waals surface area contributed by atoms with E-state index in [0.29, 0.717) is 0 Å². The van der Waals surface area contributed by atoms with Crippen molar-refractivity contribution < 1.29 is 23.2 Å². The van der Waals surface area contributed by atoms with E-state index < -0.39 is 20.6 Å². The minimum Gasteiger partial charge on any atom is -0.508 e. The van der Waals surface area contributed by atoms with Crippen LogP contribution in [0, 0.1) is 0 Å². The first-order valence-electron chi connectivity index (χ1n) is 7.89. The molecule has 152 valence electrons. The molecule has 3 aromatic carbocycles. The lowest BCUT2D eigenvalue weighted by molar-refractivity contribution is 0.439. The van der Waals surface area contributed by atoms with Crippen molar-refractivity contribution in [3.05, 3.63) is 91.4 Å². The standard InChI is InChI=1S/C19H12Cl4O5S/c20-13-5-2-6-14(21)18(13)19(29(26,27)28,10-3-1-4-11(24)7-10)12-8-15(22)16(23)9-17(12)25/h1-9,24-25H,(H,26,27,28). The van der Waals surface area contributed by atoms with Gasteiger partial charge in [0.15, 0.2) is 4.75 Å². The van der Waals surface area contributed by atoms with Crippen molar-refractivity contribution in [1.29, 1.82) is 0 Å². The predicted octanol–water partition coefficient (Wildman–Crippen LogP) is 5.89. The molecule has 0 saturated heterocycles. The van der Waals surface area contributed by atoms with Crippen LogP contribution in [0.5, 0.6) is 11.5 Å². The normalized spacial score (nSPS) is 13.8. The van der Waals surface area contributed by atoms with Gasteiger partial charge in [0.2, 0.25) is 0 Å². The first-order chi connectivity index (χ1) is 13.5. The Morgan fingerprint density at radius 1 is 0.759 bits per heavy atom. The quantitative estimate of drug-likeness (QED) is 0.311. The topological polar surface area (TPSA) is 94.8 Å². The van der Waals surface area contributed by atoms with Crippen LogP contribution in [0.4, 0.5) is 0 Å². The Morgan fingerprint density at radius 3 is 1.86 bits per heavy atom. The highest BCUT2D eigenvalue weighted by molar-refractivity contribution is 7.87. The molecule has 5 nitrogen and oxygen atoms in total. The molecule has 0 spiro atoms. The highest BCUT2D eigenvalue weighted by Crippen LogP contribution is 2.52. The van der Waals surface area contributed by atoms with Crippen molar-refractivity contribution in [2.45, 2.75) is 4.75 Å². The lowest BCUT2D eigenvalue weighted by atomic mass is 9.83. The zero-order valence-electron chi connectivity index (χ0n) is 14.3. The van der Waals surface area contributed by atoms with Crippen molar-refractivity contribution in [1.82, 2.24) is 0 Å². The van der Waals surface area contributed by atoms with Crippen LogP contribution in [0.15, 0.2) is 54.6 Å². The zero-order valence-corrected chi connectivity index (χ0v) is 18.1. The molecule has 10 heteroatoms. The van der Waals surface area contributed by atoms with Gasteiger partial charge in [-0.1, -0.05) is 64.6 Å². The Hall–Kier alpha value is -1.67. The van der Waals surface area contributed by atoms with Gasteiger partial charge >= 0.3 is 0 Å². The summed E-state index contributed by atoms with van der Waals surface area (Å²) in [5.74, 6) is -0.880. The fraction of sp³-hybridized carbons (Fsp3) is 0.0526. The number of phenols is 2. The summed E-state index contributed by atoms with van der Waals surface area (Å²) in [6.07, 6.45) is 0. The number of benzene rings is 3. The van der Waals surface area contributed by atoms with E-state index in [1.807, 2.05) is 0 Å². The Kier molecular flexibility index (Phi) is 5.98. The zero-order chi connectivity index (χ0) is 21.6. The molecule has 0 fully saturated rings. The maximum absolute atomic E-state index is 13.0. The monoisotopic (exact) mass is 492 g/mol. The third kappa shape index (κ3) is 3.65. The number of hydrogen-bond acceptors (Lipinski definition) is 4. The molecule has 0 heterocycles. The third-order valence-electron chi connectivity index (χ3n) is 4.37. The number of phenolic OH excluding ortho intramolecular Hbond substituents is 2. The molecule has 0 aliphatic rings. The number of halogens is 4. The van der Waals surface area contributed by atoms with Crippen LogP contribution in [-0.4, -0.2) is 23.2 Å². The van der Waals surface area contributed by atoms with Crippen molar-refractivity contribution in [3.8, 4) is 11.5 Å². The summed E-state index contributed by atoms with van der Waals surface area (Å²) >= 11 is 24.7. The average molecular weight is 494 g/mol. The minimum absolute atomic E-state index is 0.0432. The maximum atomic E-state index is 13.0. The third-order valence-corrected chi connectivity index (χ3v) is 7.16. The van der Waals surface area contributed by atoms with E-state index in [9.17, 15) is 23.2 Å². The maximum Gasteiger partial charge on any atom is 0.283 e. The summed E-state index contributed by atoms with van der Waals surface area (Å²) in [7, 11) is -5.14. The molecular formula is C19H12Cl4O5S. The molecule has 3 N–H and O–H groups in total. The van der Waals surface area contributed by atoms with Gasteiger partial charge in [-0.3, -0.25) is 4.55 Å². The Labute approximate surface area is 186 Å². The molecule has 3 rings (SSSR count). The average Bonchev–Trinajstić information content (AvgIpc) is 2.61. The van der Waals surface area contributed by atoms with Gasteiger partial charge in [-0.05, 0) is 35.9 Å². The second-order valence-electron chi connectivity index (χ2n) is 6.09. The van der Waals surface area contributed by atoms with Gasteiger partial charge < -0.3 is 10.2 Å². The number of hydrogen-bond donors (Lipinski definition) is 3. The number of aromatic hydroxyl groups is 2. The molecule has 0 amide bonds. The molecule has 0 saturated carbocycles. The molecule has 0 radical (unpaired) electrons. The van der Waals surface area contributed by atoms with E-state index in [4.69, 9.17) is 46.4 Å². The van der Waals surface area contributed by atoms with Crippen molar-refractivity contribution in [3.63, 3.8) is 0 Å². The first kappa shape index (κ1) is 22.0. The van der Waals surface area contributed by atoms with Crippen LogP contribution in [0.2, 0.25) is 20.1 Å². The summed E-state index contributed by atoms with van der Waals surface area (Å²) in [4.78, 5) is 0. The van der Waals surface area contributed by atoms with E-state index in [2.05, 4.69) is 0 Å². The van der Waals surface area contributed by atoms with Gasteiger partial charge in [-0.25, -0.2) is 0 Å². The largest absolute Gasteiger partial charge is 0.508 e. The predicted molar refractivity (Wildman–Crippen MR) is 114 cm³/mol. The lowest BCUT2D eigenvalue weighted by Gasteiger charge is -2.34. The molecule has 1 atom stereocenters. The summed E-state index contributed by atoms with van der Waals surface area (Å²) in [6.45, 7) is 0. The molecule has 29 heavy (non-hydrogen) atoms. The van der Waals surface area contributed by atoms with Crippen LogP contribution in [0.3, 0.4) is 0 Å². The van der Waals surface area contributed by atoms with E-state index in [1.54, 1.807) is 0 Å². The molecular weight excluding hydrogens is 482 g/mol. The van der Waals surface area contributed by atoms with Gasteiger partial charge in [0, 0.05) is 27.2 Å². The van der Waals surface area contributed by atoms with Crippen LogP contribution in [-0.2, 0) is 14.9 Å².